The summed E-state index contributed by atoms with van der Waals surface area (Å²) >= 11 is 1.53. The van der Waals surface area contributed by atoms with Gasteiger partial charge in [0.2, 0.25) is 0 Å². The van der Waals surface area contributed by atoms with Crippen LogP contribution in [-0.4, -0.2) is 15.9 Å². The summed E-state index contributed by atoms with van der Waals surface area (Å²) in [6, 6.07) is 2.30. The number of amides is 1. The Hall–Kier alpha value is -2.26. The fourth-order valence-electron chi connectivity index (χ4n) is 3.23. The number of carbonyl (C=O) groups excluding carboxylic acids is 1. The number of carbonyl (C=O) groups is 1. The number of rotatable bonds is 2. The van der Waals surface area contributed by atoms with Gasteiger partial charge >= 0.3 is 0 Å². The summed E-state index contributed by atoms with van der Waals surface area (Å²) in [5, 5.41) is 13.2. The third-order valence-corrected chi connectivity index (χ3v) is 6.02. The molecule has 0 saturated heterocycles. The second-order valence-corrected chi connectivity index (χ2v) is 7.54. The van der Waals surface area contributed by atoms with Gasteiger partial charge in [-0.15, -0.1) is 11.3 Å². The largest absolute Gasteiger partial charge is 0.312 e. The van der Waals surface area contributed by atoms with E-state index >= 15 is 0 Å². The molecule has 1 aliphatic rings. The van der Waals surface area contributed by atoms with Crippen molar-refractivity contribution < 1.29 is 4.79 Å². The lowest BCUT2D eigenvalue weighted by atomic mass is 9.79. The van der Waals surface area contributed by atoms with Crippen LogP contribution in [0.3, 0.4) is 0 Å². The fraction of sp³-hybridized carbons (Fsp3) is 0.444. The van der Waals surface area contributed by atoms with Gasteiger partial charge in [0.25, 0.3) is 5.91 Å². The molecule has 24 heavy (non-hydrogen) atoms. The van der Waals surface area contributed by atoms with Crippen LogP contribution in [-0.2, 0) is 6.42 Å². The van der Waals surface area contributed by atoms with E-state index in [2.05, 4.69) is 35.2 Å². The fourth-order valence-corrected chi connectivity index (χ4v) is 4.49. The van der Waals surface area contributed by atoms with Crippen molar-refractivity contribution in [1.29, 1.82) is 5.26 Å². The predicted molar refractivity (Wildman–Crippen MR) is 94.4 cm³/mol. The maximum Gasteiger partial charge on any atom is 0.259 e. The quantitative estimate of drug-likeness (QED) is 0.897. The van der Waals surface area contributed by atoms with Crippen molar-refractivity contribution in [3.8, 4) is 6.07 Å². The molecule has 2 aromatic rings. The monoisotopic (exact) mass is 340 g/mol. The van der Waals surface area contributed by atoms with Crippen molar-refractivity contribution in [3.05, 3.63) is 39.3 Å². The average molecular weight is 340 g/mol. The van der Waals surface area contributed by atoms with Crippen molar-refractivity contribution in [2.75, 3.05) is 5.32 Å². The summed E-state index contributed by atoms with van der Waals surface area (Å²) in [5.41, 5.74) is 2.82. The second kappa shape index (κ2) is 6.33. The van der Waals surface area contributed by atoms with E-state index in [-0.39, 0.29) is 5.91 Å². The molecule has 0 spiro atoms. The average Bonchev–Trinajstić information content (AvgIpc) is 2.88. The van der Waals surface area contributed by atoms with Crippen LogP contribution in [0.15, 0.2) is 6.20 Å². The molecule has 1 N–H and O–H groups in total. The number of fused-ring (bicyclic) bond motifs is 1. The van der Waals surface area contributed by atoms with Gasteiger partial charge in [-0.3, -0.25) is 4.79 Å². The molecule has 0 radical (unpaired) electrons. The number of aromatic nitrogens is 2. The van der Waals surface area contributed by atoms with Gasteiger partial charge in [0.1, 0.15) is 16.9 Å². The molecule has 0 fully saturated rings. The molecule has 0 aromatic carbocycles. The Morgan fingerprint density at radius 1 is 1.42 bits per heavy atom. The van der Waals surface area contributed by atoms with E-state index in [1.54, 1.807) is 13.8 Å². The zero-order valence-corrected chi connectivity index (χ0v) is 15.1. The van der Waals surface area contributed by atoms with E-state index in [4.69, 9.17) is 0 Å². The first kappa shape index (κ1) is 16.6. The van der Waals surface area contributed by atoms with E-state index < -0.39 is 0 Å². The zero-order valence-electron chi connectivity index (χ0n) is 14.3. The smallest absolute Gasteiger partial charge is 0.259 e. The van der Waals surface area contributed by atoms with Crippen LogP contribution in [0, 0.1) is 31.1 Å². The third-order valence-electron chi connectivity index (χ3n) is 4.84. The molecular formula is C18H20N4OS. The summed E-state index contributed by atoms with van der Waals surface area (Å²) in [4.78, 5) is 22.1. The van der Waals surface area contributed by atoms with Crippen molar-refractivity contribution in [2.24, 2.45) is 5.92 Å². The molecule has 2 aromatic heterocycles. The van der Waals surface area contributed by atoms with Crippen LogP contribution in [0.5, 0.6) is 0 Å². The number of hydrogen-bond acceptors (Lipinski definition) is 5. The summed E-state index contributed by atoms with van der Waals surface area (Å²) < 4.78 is 0. The molecule has 6 heteroatoms. The lowest BCUT2D eigenvalue weighted by molar-refractivity contribution is 0.102. The lowest BCUT2D eigenvalue weighted by Gasteiger charge is -2.26. The minimum Gasteiger partial charge on any atom is -0.312 e. The Kier molecular flexibility index (Phi) is 4.37. The van der Waals surface area contributed by atoms with Gasteiger partial charge in [-0.1, -0.05) is 13.8 Å². The first-order chi connectivity index (χ1) is 11.4. The van der Waals surface area contributed by atoms with E-state index in [0.29, 0.717) is 39.5 Å². The van der Waals surface area contributed by atoms with Gasteiger partial charge in [-0.2, -0.15) is 5.26 Å². The Morgan fingerprint density at radius 2 is 2.17 bits per heavy atom. The zero-order chi connectivity index (χ0) is 17.4. The van der Waals surface area contributed by atoms with Crippen LogP contribution in [0.25, 0.3) is 0 Å². The first-order valence-electron chi connectivity index (χ1n) is 8.09. The van der Waals surface area contributed by atoms with Crippen molar-refractivity contribution in [2.45, 2.75) is 46.5 Å². The molecule has 0 saturated carbocycles. The summed E-state index contributed by atoms with van der Waals surface area (Å²) in [6.45, 7) is 7.97. The number of anilines is 1. The second-order valence-electron chi connectivity index (χ2n) is 6.43. The summed E-state index contributed by atoms with van der Waals surface area (Å²) in [7, 11) is 0. The minimum absolute atomic E-state index is 0.261. The van der Waals surface area contributed by atoms with Crippen LogP contribution < -0.4 is 5.32 Å². The number of nitrogens with one attached hydrogen (secondary N) is 1. The van der Waals surface area contributed by atoms with E-state index in [9.17, 15) is 10.1 Å². The van der Waals surface area contributed by atoms with Gasteiger partial charge < -0.3 is 5.32 Å². The van der Waals surface area contributed by atoms with Crippen LogP contribution in [0.1, 0.15) is 64.1 Å². The highest BCUT2D eigenvalue weighted by Gasteiger charge is 2.30. The van der Waals surface area contributed by atoms with Crippen molar-refractivity contribution in [3.63, 3.8) is 0 Å². The minimum atomic E-state index is -0.261. The maximum absolute atomic E-state index is 12.6. The van der Waals surface area contributed by atoms with Gasteiger partial charge in [0, 0.05) is 11.1 Å². The number of nitriles is 1. The molecule has 2 heterocycles. The van der Waals surface area contributed by atoms with Crippen LogP contribution in [0.2, 0.25) is 0 Å². The lowest BCUT2D eigenvalue weighted by Crippen LogP contribution is -2.16. The van der Waals surface area contributed by atoms with Crippen LogP contribution in [0.4, 0.5) is 5.00 Å². The highest BCUT2D eigenvalue weighted by molar-refractivity contribution is 7.16. The Bertz CT molecular complexity index is 849. The molecule has 2 atom stereocenters. The van der Waals surface area contributed by atoms with Gasteiger partial charge in [0.15, 0.2) is 0 Å². The Labute approximate surface area is 145 Å². The molecule has 1 aliphatic carbocycles. The Balaban J connectivity index is 1.95. The van der Waals surface area contributed by atoms with Gasteiger partial charge in [0.05, 0.1) is 16.8 Å². The number of nitrogens with zero attached hydrogens (tertiary/aromatic N) is 3. The standard InChI is InChI=1S/C18H20N4OS/c1-9-5-6-15-16(10(9)2)13(7-19)18(24-15)22-17(23)14-8-20-12(4)21-11(14)3/h8-10H,5-6H2,1-4H3,(H,22,23). The summed E-state index contributed by atoms with van der Waals surface area (Å²) in [6.07, 6.45) is 3.64. The normalized spacial score (nSPS) is 19.5. The van der Waals surface area contributed by atoms with Gasteiger partial charge in [-0.25, -0.2) is 9.97 Å². The molecule has 3 rings (SSSR count). The predicted octanol–water partition coefficient (Wildman–Crippen LogP) is 3.96. The highest BCUT2D eigenvalue weighted by atomic mass is 32.1. The number of hydrogen-bond donors (Lipinski definition) is 1. The SMILES string of the molecule is Cc1ncc(C(=O)Nc2sc3c(c2C#N)C(C)C(C)CC3)c(C)n1. The molecule has 2 unspecified atom stereocenters. The van der Waals surface area contributed by atoms with E-state index in [1.165, 1.54) is 22.4 Å². The number of thiophene rings is 1. The molecule has 5 nitrogen and oxygen atoms in total. The highest BCUT2D eigenvalue weighted by Crippen LogP contribution is 2.45. The molecule has 124 valence electrons. The summed E-state index contributed by atoms with van der Waals surface area (Å²) in [5.74, 6) is 1.27. The van der Waals surface area contributed by atoms with Gasteiger partial charge in [-0.05, 0) is 44.1 Å². The van der Waals surface area contributed by atoms with E-state index in [0.717, 1.165) is 18.4 Å². The molecular weight excluding hydrogens is 320 g/mol. The Morgan fingerprint density at radius 3 is 2.83 bits per heavy atom. The van der Waals surface area contributed by atoms with E-state index in [1.807, 2.05) is 0 Å². The topological polar surface area (TPSA) is 78.7 Å². The third kappa shape index (κ3) is 2.80. The van der Waals surface area contributed by atoms with Crippen molar-refractivity contribution in [1.82, 2.24) is 9.97 Å². The van der Waals surface area contributed by atoms with Crippen molar-refractivity contribution >= 4 is 22.2 Å². The van der Waals surface area contributed by atoms with Crippen LogP contribution >= 0.6 is 11.3 Å². The molecule has 0 aliphatic heterocycles. The number of aryl methyl sites for hydroxylation is 3. The molecule has 1 amide bonds. The first-order valence-corrected chi connectivity index (χ1v) is 8.91. The molecule has 0 bridgehead atoms. The maximum atomic E-state index is 12.6.